The average molecular weight is 387 g/mol. The van der Waals surface area contributed by atoms with E-state index in [9.17, 15) is 13.2 Å². The van der Waals surface area contributed by atoms with Crippen LogP contribution in [0.3, 0.4) is 0 Å². The van der Waals surface area contributed by atoms with Crippen LogP contribution in [-0.2, 0) is 14.8 Å². The molecule has 2 heterocycles. The average Bonchev–Trinajstić information content (AvgIpc) is 3.02. The number of carbonyl (C=O) groups is 1. The molecule has 1 saturated heterocycles. The summed E-state index contributed by atoms with van der Waals surface area (Å²) in [7, 11) is -3.78. The first-order chi connectivity index (χ1) is 11.5. The minimum Gasteiger partial charge on any atom is -0.378 e. The lowest BCUT2D eigenvalue weighted by molar-refractivity contribution is 0.0307. The van der Waals surface area contributed by atoms with Crippen LogP contribution in [0.5, 0.6) is 0 Å². The van der Waals surface area contributed by atoms with Gasteiger partial charge in [0, 0.05) is 18.1 Å². The highest BCUT2D eigenvalue weighted by atomic mass is 35.5. The largest absolute Gasteiger partial charge is 0.378 e. The van der Waals surface area contributed by atoms with E-state index in [0.29, 0.717) is 36.2 Å². The Labute approximate surface area is 149 Å². The van der Waals surface area contributed by atoms with Crippen molar-refractivity contribution in [1.82, 2.24) is 4.90 Å². The summed E-state index contributed by atoms with van der Waals surface area (Å²) in [4.78, 5) is 14.7. The van der Waals surface area contributed by atoms with Gasteiger partial charge < -0.3 is 9.64 Å². The Balaban J connectivity index is 1.82. The number of halogens is 1. The summed E-state index contributed by atoms with van der Waals surface area (Å²) < 4.78 is 32.7. The fourth-order valence-electron chi connectivity index (χ4n) is 2.28. The maximum Gasteiger partial charge on any atom is 0.266 e. The topological polar surface area (TPSA) is 75.7 Å². The van der Waals surface area contributed by atoms with E-state index in [1.807, 2.05) is 0 Å². The van der Waals surface area contributed by atoms with Gasteiger partial charge in [-0.25, -0.2) is 8.42 Å². The van der Waals surface area contributed by atoms with Gasteiger partial charge >= 0.3 is 0 Å². The monoisotopic (exact) mass is 386 g/mol. The Morgan fingerprint density at radius 3 is 2.50 bits per heavy atom. The van der Waals surface area contributed by atoms with Gasteiger partial charge in [-0.05, 0) is 35.7 Å². The molecule has 0 bridgehead atoms. The fourth-order valence-corrected chi connectivity index (χ4v) is 4.36. The van der Waals surface area contributed by atoms with Gasteiger partial charge in [-0.2, -0.15) is 0 Å². The molecule has 0 aliphatic carbocycles. The molecule has 2 aromatic rings. The summed E-state index contributed by atoms with van der Waals surface area (Å²) in [5.41, 5.74) is 0.284. The standard InChI is InChI=1S/C15H15ClN2O4S2/c16-11-1-3-12(4-2-11)24(20,21)17-13-5-10-23-14(13)15(19)18-6-8-22-9-7-18/h1-5,10,17H,6-9H2. The maximum absolute atomic E-state index is 12.6. The molecule has 1 aliphatic rings. The Hall–Kier alpha value is -1.61. The molecule has 0 radical (unpaired) electrons. The zero-order valence-electron chi connectivity index (χ0n) is 12.6. The van der Waals surface area contributed by atoms with Crippen LogP contribution in [0.25, 0.3) is 0 Å². The van der Waals surface area contributed by atoms with E-state index in [0.717, 1.165) is 0 Å². The molecule has 1 N–H and O–H groups in total. The van der Waals surface area contributed by atoms with Crippen molar-refractivity contribution >= 4 is 44.6 Å². The minimum absolute atomic E-state index is 0.0860. The van der Waals surface area contributed by atoms with Crippen LogP contribution < -0.4 is 4.72 Å². The first-order valence-corrected chi connectivity index (χ1v) is 9.94. The third-order valence-electron chi connectivity index (χ3n) is 3.53. The molecule has 1 aromatic carbocycles. The number of morpholine rings is 1. The van der Waals surface area contributed by atoms with Crippen LogP contribution in [-0.4, -0.2) is 45.5 Å². The van der Waals surface area contributed by atoms with Gasteiger partial charge in [-0.1, -0.05) is 11.6 Å². The highest BCUT2D eigenvalue weighted by Crippen LogP contribution is 2.27. The second-order valence-electron chi connectivity index (χ2n) is 5.13. The Kier molecular flexibility index (Phi) is 5.09. The summed E-state index contributed by atoms with van der Waals surface area (Å²) in [6, 6.07) is 7.43. The van der Waals surface area contributed by atoms with Crippen molar-refractivity contribution in [3.8, 4) is 0 Å². The molecular weight excluding hydrogens is 372 g/mol. The van der Waals surface area contributed by atoms with E-state index >= 15 is 0 Å². The number of thiophene rings is 1. The maximum atomic E-state index is 12.6. The molecule has 1 amide bonds. The van der Waals surface area contributed by atoms with E-state index in [4.69, 9.17) is 16.3 Å². The quantitative estimate of drug-likeness (QED) is 0.876. The van der Waals surface area contributed by atoms with Crippen LogP contribution >= 0.6 is 22.9 Å². The zero-order chi connectivity index (χ0) is 17.2. The second kappa shape index (κ2) is 7.10. The van der Waals surface area contributed by atoms with Crippen LogP contribution in [0.4, 0.5) is 5.69 Å². The molecular formula is C15H15ClN2O4S2. The predicted molar refractivity (Wildman–Crippen MR) is 93.3 cm³/mol. The van der Waals surface area contributed by atoms with E-state index in [1.54, 1.807) is 16.3 Å². The van der Waals surface area contributed by atoms with Gasteiger partial charge in [0.15, 0.2) is 0 Å². The number of ether oxygens (including phenoxy) is 1. The van der Waals surface area contributed by atoms with E-state index in [-0.39, 0.29) is 16.5 Å². The Bertz CT molecular complexity index is 827. The second-order valence-corrected chi connectivity index (χ2v) is 8.16. The van der Waals surface area contributed by atoms with Gasteiger partial charge in [0.2, 0.25) is 0 Å². The SMILES string of the molecule is O=C(c1sccc1NS(=O)(=O)c1ccc(Cl)cc1)N1CCOCC1. The first kappa shape index (κ1) is 17.2. The van der Waals surface area contributed by atoms with E-state index in [1.165, 1.54) is 35.6 Å². The number of carbonyl (C=O) groups excluding carboxylic acids is 1. The van der Waals surface area contributed by atoms with Crippen molar-refractivity contribution in [2.75, 3.05) is 31.0 Å². The number of nitrogens with one attached hydrogen (secondary N) is 1. The van der Waals surface area contributed by atoms with Gasteiger partial charge in [0.1, 0.15) is 4.88 Å². The lowest BCUT2D eigenvalue weighted by Crippen LogP contribution is -2.40. The number of hydrogen-bond acceptors (Lipinski definition) is 5. The lowest BCUT2D eigenvalue weighted by Gasteiger charge is -2.26. The van der Waals surface area contributed by atoms with Gasteiger partial charge in [0.05, 0.1) is 23.8 Å². The molecule has 1 aliphatic heterocycles. The van der Waals surface area contributed by atoms with Crippen molar-refractivity contribution < 1.29 is 17.9 Å². The number of rotatable bonds is 4. The Morgan fingerprint density at radius 1 is 1.17 bits per heavy atom. The molecule has 0 atom stereocenters. The summed E-state index contributed by atoms with van der Waals surface area (Å²) >= 11 is 6.99. The third-order valence-corrected chi connectivity index (χ3v) is 6.06. The summed E-state index contributed by atoms with van der Waals surface area (Å²) in [5, 5.41) is 2.14. The fraction of sp³-hybridized carbons (Fsp3) is 0.267. The van der Waals surface area contributed by atoms with Crippen LogP contribution in [0.2, 0.25) is 5.02 Å². The number of benzene rings is 1. The third kappa shape index (κ3) is 3.72. The molecule has 3 rings (SSSR count). The molecule has 0 unspecified atom stereocenters. The molecule has 1 fully saturated rings. The van der Waals surface area contributed by atoms with Gasteiger partial charge in [0.25, 0.3) is 15.9 Å². The molecule has 0 spiro atoms. The van der Waals surface area contributed by atoms with Crippen LogP contribution in [0.1, 0.15) is 9.67 Å². The smallest absolute Gasteiger partial charge is 0.266 e. The number of nitrogens with zero attached hydrogens (tertiary/aromatic N) is 1. The zero-order valence-corrected chi connectivity index (χ0v) is 15.0. The molecule has 24 heavy (non-hydrogen) atoms. The van der Waals surface area contributed by atoms with Gasteiger partial charge in [-0.3, -0.25) is 9.52 Å². The van der Waals surface area contributed by atoms with Crippen molar-refractivity contribution in [2.45, 2.75) is 4.90 Å². The molecule has 1 aromatic heterocycles. The summed E-state index contributed by atoms with van der Waals surface area (Å²) in [6.07, 6.45) is 0. The number of anilines is 1. The van der Waals surface area contributed by atoms with Crippen molar-refractivity contribution in [3.63, 3.8) is 0 Å². The number of hydrogen-bond donors (Lipinski definition) is 1. The van der Waals surface area contributed by atoms with Gasteiger partial charge in [-0.15, -0.1) is 11.3 Å². The minimum atomic E-state index is -3.78. The molecule has 128 valence electrons. The predicted octanol–water partition coefficient (Wildman–Crippen LogP) is 2.67. The molecule has 9 heteroatoms. The normalized spacial score (nSPS) is 15.3. The summed E-state index contributed by atoms with van der Waals surface area (Å²) in [6.45, 7) is 1.98. The van der Waals surface area contributed by atoms with Crippen molar-refractivity contribution in [3.05, 3.63) is 45.6 Å². The van der Waals surface area contributed by atoms with Crippen LogP contribution in [0.15, 0.2) is 40.6 Å². The number of sulfonamides is 1. The first-order valence-electron chi connectivity index (χ1n) is 7.20. The molecule has 0 saturated carbocycles. The van der Waals surface area contributed by atoms with E-state index < -0.39 is 10.0 Å². The summed E-state index contributed by atoms with van der Waals surface area (Å²) in [5.74, 6) is -0.192. The Morgan fingerprint density at radius 2 is 1.83 bits per heavy atom. The van der Waals surface area contributed by atoms with E-state index in [2.05, 4.69) is 4.72 Å². The van der Waals surface area contributed by atoms with Crippen LogP contribution in [0, 0.1) is 0 Å². The lowest BCUT2D eigenvalue weighted by atomic mass is 10.3. The highest BCUT2D eigenvalue weighted by Gasteiger charge is 2.24. The molecule has 6 nitrogen and oxygen atoms in total. The number of amides is 1. The van der Waals surface area contributed by atoms with Crippen molar-refractivity contribution in [2.24, 2.45) is 0 Å². The van der Waals surface area contributed by atoms with Crippen molar-refractivity contribution in [1.29, 1.82) is 0 Å². The highest BCUT2D eigenvalue weighted by molar-refractivity contribution is 7.92.